The van der Waals surface area contributed by atoms with Crippen molar-refractivity contribution in [1.29, 1.82) is 0 Å². The van der Waals surface area contributed by atoms with E-state index >= 15 is 0 Å². The molecule has 2 aliphatic rings. The zero-order valence-electron chi connectivity index (χ0n) is 17.4. The van der Waals surface area contributed by atoms with Gasteiger partial charge >= 0.3 is 6.01 Å². The molecule has 1 aliphatic heterocycles. The van der Waals surface area contributed by atoms with E-state index in [0.29, 0.717) is 19.8 Å². The van der Waals surface area contributed by atoms with Crippen molar-refractivity contribution >= 4 is 34.3 Å². The fourth-order valence-electron chi connectivity index (χ4n) is 3.64. The standard InChI is InChI=1S/C21H23F3IN5O2/c1-12-10-13(25)11-16(23)18(12)27-19-14(2-3-15(22)17(19)24)20-28-29-21(32-20)26-4-5-30-6-8-31-9-7-30/h2-3,10-12,18,27H,4-9H2,1H3,(H,26,29). The van der Waals surface area contributed by atoms with Gasteiger partial charge in [0.15, 0.2) is 11.6 Å². The van der Waals surface area contributed by atoms with Gasteiger partial charge in [-0.1, -0.05) is 18.1 Å². The van der Waals surface area contributed by atoms with Crippen LogP contribution in [-0.2, 0) is 4.74 Å². The highest BCUT2D eigenvalue weighted by molar-refractivity contribution is 14.1. The predicted octanol–water partition coefficient (Wildman–Crippen LogP) is 4.36. The lowest BCUT2D eigenvalue weighted by atomic mass is 9.95. The molecule has 0 saturated carbocycles. The van der Waals surface area contributed by atoms with Crippen molar-refractivity contribution in [2.75, 3.05) is 50.0 Å². The Morgan fingerprint density at radius 2 is 1.97 bits per heavy atom. The third-order valence-electron chi connectivity index (χ3n) is 5.38. The van der Waals surface area contributed by atoms with E-state index in [-0.39, 0.29) is 29.1 Å². The SMILES string of the molecule is CC1C=C(I)C=C(F)C1Nc1c(-c2nnc(NCCN3CCOCC3)o2)ccc(F)c1F. The molecule has 172 valence electrons. The molecule has 1 aromatic carbocycles. The van der Waals surface area contributed by atoms with E-state index in [4.69, 9.17) is 9.15 Å². The number of aromatic nitrogens is 2. The summed E-state index contributed by atoms with van der Waals surface area (Å²) >= 11 is 2.02. The van der Waals surface area contributed by atoms with E-state index < -0.39 is 23.5 Å². The maximum Gasteiger partial charge on any atom is 0.315 e. The van der Waals surface area contributed by atoms with Crippen LogP contribution in [0.15, 0.2) is 38.1 Å². The highest BCUT2D eigenvalue weighted by Crippen LogP contribution is 2.36. The number of halogens is 4. The predicted molar refractivity (Wildman–Crippen MR) is 123 cm³/mol. The molecule has 4 rings (SSSR count). The second-order valence-electron chi connectivity index (χ2n) is 7.64. The Kier molecular flexibility index (Phi) is 7.36. The lowest BCUT2D eigenvalue weighted by Gasteiger charge is -2.27. The highest BCUT2D eigenvalue weighted by atomic mass is 127. The Morgan fingerprint density at radius 3 is 2.72 bits per heavy atom. The van der Waals surface area contributed by atoms with E-state index in [1.807, 2.05) is 28.7 Å². The van der Waals surface area contributed by atoms with Crippen molar-refractivity contribution in [1.82, 2.24) is 15.1 Å². The van der Waals surface area contributed by atoms with E-state index in [1.54, 1.807) is 6.92 Å². The number of rotatable bonds is 7. The van der Waals surface area contributed by atoms with Crippen molar-refractivity contribution in [3.05, 3.63) is 45.3 Å². The molecule has 1 aliphatic carbocycles. The van der Waals surface area contributed by atoms with Crippen molar-refractivity contribution in [3.63, 3.8) is 0 Å². The third-order valence-corrected chi connectivity index (χ3v) is 6.05. The molecule has 0 amide bonds. The maximum atomic E-state index is 14.7. The number of hydrogen-bond acceptors (Lipinski definition) is 7. The fraction of sp³-hybridized carbons (Fsp3) is 0.429. The summed E-state index contributed by atoms with van der Waals surface area (Å²) in [4.78, 5) is 2.24. The molecule has 11 heteroatoms. The summed E-state index contributed by atoms with van der Waals surface area (Å²) in [5.74, 6) is -2.93. The number of nitrogens with zero attached hydrogens (tertiary/aromatic N) is 3. The summed E-state index contributed by atoms with van der Waals surface area (Å²) in [7, 11) is 0. The Hall–Kier alpha value is -2.12. The first kappa shape index (κ1) is 23.1. The summed E-state index contributed by atoms with van der Waals surface area (Å²) in [5.41, 5.74) is -0.0684. The molecule has 7 nitrogen and oxygen atoms in total. The van der Waals surface area contributed by atoms with E-state index in [1.165, 1.54) is 12.1 Å². The minimum absolute atomic E-state index is 0.00162. The molecule has 2 atom stereocenters. The fourth-order valence-corrected chi connectivity index (χ4v) is 4.51. The number of ether oxygens (including phenoxy) is 1. The first-order valence-corrected chi connectivity index (χ1v) is 11.4. The van der Waals surface area contributed by atoms with Crippen molar-refractivity contribution in [2.24, 2.45) is 5.92 Å². The highest BCUT2D eigenvalue weighted by Gasteiger charge is 2.28. The average molecular weight is 561 g/mol. The summed E-state index contributed by atoms with van der Waals surface area (Å²) in [6.07, 6.45) is 3.21. The maximum absolute atomic E-state index is 14.7. The Bertz CT molecular complexity index is 1020. The zero-order chi connectivity index (χ0) is 22.7. The van der Waals surface area contributed by atoms with Crippen LogP contribution in [0.1, 0.15) is 6.92 Å². The van der Waals surface area contributed by atoms with Gasteiger partial charge in [-0.2, -0.15) is 0 Å². The van der Waals surface area contributed by atoms with E-state index in [0.717, 1.165) is 29.3 Å². The lowest BCUT2D eigenvalue weighted by molar-refractivity contribution is 0.0398. The van der Waals surface area contributed by atoms with Crippen LogP contribution in [0, 0.1) is 17.6 Å². The van der Waals surface area contributed by atoms with Gasteiger partial charge in [0.05, 0.1) is 30.5 Å². The Morgan fingerprint density at radius 1 is 1.19 bits per heavy atom. The number of benzene rings is 1. The molecule has 0 bridgehead atoms. The molecule has 1 fully saturated rings. The smallest absolute Gasteiger partial charge is 0.315 e. The molecule has 0 spiro atoms. The van der Waals surface area contributed by atoms with Crippen molar-refractivity contribution in [3.8, 4) is 11.5 Å². The van der Waals surface area contributed by atoms with Gasteiger partial charge in [-0.25, -0.2) is 13.2 Å². The summed E-state index contributed by atoms with van der Waals surface area (Å²) in [6, 6.07) is 1.63. The molecule has 2 aromatic rings. The van der Waals surface area contributed by atoms with Gasteiger partial charge in [-0.05, 0) is 40.8 Å². The van der Waals surface area contributed by atoms with Crippen LogP contribution in [-0.4, -0.2) is 60.5 Å². The number of allylic oxidation sites excluding steroid dienone is 2. The normalized spacial score (nSPS) is 21.8. The third kappa shape index (κ3) is 5.26. The zero-order valence-corrected chi connectivity index (χ0v) is 19.5. The molecule has 2 unspecified atom stereocenters. The van der Waals surface area contributed by atoms with Gasteiger partial charge in [-0.15, -0.1) is 5.10 Å². The number of morpholine rings is 1. The second kappa shape index (κ2) is 10.2. The van der Waals surface area contributed by atoms with Gasteiger partial charge < -0.3 is 19.8 Å². The van der Waals surface area contributed by atoms with Crippen LogP contribution in [0.4, 0.5) is 24.9 Å². The van der Waals surface area contributed by atoms with Gasteiger partial charge in [0.25, 0.3) is 5.89 Å². The summed E-state index contributed by atoms with van der Waals surface area (Å²) in [5, 5.41) is 13.7. The van der Waals surface area contributed by atoms with Crippen molar-refractivity contribution in [2.45, 2.75) is 13.0 Å². The van der Waals surface area contributed by atoms with Crippen LogP contribution in [0.3, 0.4) is 0 Å². The van der Waals surface area contributed by atoms with Crippen LogP contribution in [0.25, 0.3) is 11.5 Å². The van der Waals surface area contributed by atoms with E-state index in [9.17, 15) is 13.2 Å². The largest absolute Gasteiger partial charge is 0.403 e. The van der Waals surface area contributed by atoms with Crippen LogP contribution in [0.2, 0.25) is 0 Å². The number of hydrogen-bond donors (Lipinski definition) is 2. The van der Waals surface area contributed by atoms with Crippen LogP contribution < -0.4 is 10.6 Å². The van der Waals surface area contributed by atoms with Gasteiger partial charge in [-0.3, -0.25) is 4.90 Å². The molecule has 32 heavy (non-hydrogen) atoms. The molecule has 2 N–H and O–H groups in total. The van der Waals surface area contributed by atoms with Crippen LogP contribution in [0.5, 0.6) is 0 Å². The van der Waals surface area contributed by atoms with Gasteiger partial charge in [0.2, 0.25) is 0 Å². The molecule has 0 radical (unpaired) electrons. The summed E-state index contributed by atoms with van der Waals surface area (Å²) < 4.78 is 55.0. The van der Waals surface area contributed by atoms with E-state index in [2.05, 4.69) is 25.7 Å². The average Bonchev–Trinajstić information content (AvgIpc) is 3.23. The van der Waals surface area contributed by atoms with Gasteiger partial charge in [0.1, 0.15) is 5.83 Å². The second-order valence-corrected chi connectivity index (χ2v) is 8.88. The number of nitrogens with one attached hydrogen (secondary N) is 2. The number of anilines is 2. The molecular weight excluding hydrogens is 538 g/mol. The Balaban J connectivity index is 1.50. The lowest BCUT2D eigenvalue weighted by Crippen LogP contribution is -2.39. The topological polar surface area (TPSA) is 75.5 Å². The molecule has 1 aromatic heterocycles. The van der Waals surface area contributed by atoms with Crippen molar-refractivity contribution < 1.29 is 22.3 Å². The minimum atomic E-state index is -1.13. The quantitative estimate of drug-likeness (QED) is 0.487. The summed E-state index contributed by atoms with van der Waals surface area (Å²) in [6.45, 7) is 6.28. The molecule has 1 saturated heterocycles. The van der Waals surface area contributed by atoms with Crippen LogP contribution >= 0.6 is 22.6 Å². The molecular formula is C21H23F3IN5O2. The monoisotopic (exact) mass is 561 g/mol. The minimum Gasteiger partial charge on any atom is -0.403 e. The molecule has 2 heterocycles. The van der Waals surface area contributed by atoms with Gasteiger partial charge in [0, 0.05) is 35.7 Å². The Labute approximate surface area is 197 Å². The first-order valence-electron chi connectivity index (χ1n) is 10.3. The first-order chi connectivity index (χ1) is 15.4.